The van der Waals surface area contributed by atoms with Gasteiger partial charge in [-0.2, -0.15) is 0 Å². The fourth-order valence-corrected chi connectivity index (χ4v) is 3.79. The maximum atomic E-state index is 12.9. The summed E-state index contributed by atoms with van der Waals surface area (Å²) < 4.78 is 0. The van der Waals surface area contributed by atoms with Crippen LogP contribution < -0.4 is 4.90 Å². The molecule has 1 saturated heterocycles. The van der Waals surface area contributed by atoms with Crippen molar-refractivity contribution in [2.45, 2.75) is 18.8 Å². The van der Waals surface area contributed by atoms with Crippen LogP contribution in [0.4, 0.5) is 5.82 Å². The Labute approximate surface area is 158 Å². The topological polar surface area (TPSA) is 36.4 Å². The van der Waals surface area contributed by atoms with Crippen LogP contribution in [-0.4, -0.2) is 43.0 Å². The van der Waals surface area contributed by atoms with Gasteiger partial charge in [0, 0.05) is 54.9 Å². The highest BCUT2D eigenvalue weighted by atomic mass is 35.5. The summed E-state index contributed by atoms with van der Waals surface area (Å²) in [7, 11) is 3.83. The Kier molecular flexibility index (Phi) is 5.50. The smallest absolute Gasteiger partial charge is 0.254 e. The first-order chi connectivity index (χ1) is 12.0. The molecular weight excluding hydrogens is 357 g/mol. The molecule has 2 heterocycles. The van der Waals surface area contributed by atoms with Crippen molar-refractivity contribution in [3.05, 3.63) is 57.7 Å². The second-order valence-electron chi connectivity index (χ2n) is 6.55. The van der Waals surface area contributed by atoms with Gasteiger partial charge in [-0.3, -0.25) is 4.79 Å². The fourth-order valence-electron chi connectivity index (χ4n) is 3.23. The van der Waals surface area contributed by atoms with Crippen molar-refractivity contribution in [2.24, 2.45) is 0 Å². The molecule has 0 bridgehead atoms. The predicted octanol–water partition coefficient (Wildman–Crippen LogP) is 4.47. The average Bonchev–Trinajstić information content (AvgIpc) is 2.61. The largest absolute Gasteiger partial charge is 0.363 e. The number of carbonyl (C=O) groups is 1. The zero-order valence-electron chi connectivity index (χ0n) is 14.4. The van der Waals surface area contributed by atoms with Crippen molar-refractivity contribution in [1.29, 1.82) is 0 Å². The number of rotatable bonds is 3. The van der Waals surface area contributed by atoms with E-state index in [9.17, 15) is 4.79 Å². The lowest BCUT2D eigenvalue weighted by Crippen LogP contribution is -2.39. The molecule has 1 aliphatic rings. The van der Waals surface area contributed by atoms with Gasteiger partial charge in [-0.15, -0.1) is 0 Å². The van der Waals surface area contributed by atoms with Gasteiger partial charge in [-0.05, 0) is 42.7 Å². The normalized spacial score (nSPS) is 17.4. The SMILES string of the molecule is CN(C)c1cc(C(=O)N2CCCC(c3ccc(Cl)cc3Cl)C2)ccn1. The van der Waals surface area contributed by atoms with Gasteiger partial charge in [0.05, 0.1) is 0 Å². The summed E-state index contributed by atoms with van der Waals surface area (Å²) in [4.78, 5) is 21.0. The van der Waals surface area contributed by atoms with Crippen LogP contribution in [-0.2, 0) is 0 Å². The summed E-state index contributed by atoms with van der Waals surface area (Å²) in [5, 5.41) is 1.30. The standard InChI is InChI=1S/C19H21Cl2N3O/c1-23(2)18-10-13(7-8-22-18)19(25)24-9-3-4-14(12-24)16-6-5-15(20)11-17(16)21/h5-8,10-11,14H,3-4,9,12H2,1-2H3. The van der Waals surface area contributed by atoms with Gasteiger partial charge < -0.3 is 9.80 Å². The van der Waals surface area contributed by atoms with E-state index in [2.05, 4.69) is 4.98 Å². The summed E-state index contributed by atoms with van der Waals surface area (Å²) in [6.07, 6.45) is 3.66. The molecule has 6 heteroatoms. The number of amides is 1. The molecule has 1 aliphatic heterocycles. The highest BCUT2D eigenvalue weighted by Crippen LogP contribution is 2.33. The van der Waals surface area contributed by atoms with Crippen molar-refractivity contribution in [2.75, 3.05) is 32.1 Å². The molecule has 1 unspecified atom stereocenters. The number of piperidine rings is 1. The van der Waals surface area contributed by atoms with Crippen molar-refractivity contribution >= 4 is 34.9 Å². The number of benzene rings is 1. The summed E-state index contributed by atoms with van der Waals surface area (Å²) in [6, 6.07) is 9.20. The van der Waals surface area contributed by atoms with E-state index in [1.807, 2.05) is 42.1 Å². The number of nitrogens with zero attached hydrogens (tertiary/aromatic N) is 3. The summed E-state index contributed by atoms with van der Waals surface area (Å²) in [5.74, 6) is 1.05. The van der Waals surface area contributed by atoms with Crippen LogP contribution in [0.3, 0.4) is 0 Å². The van der Waals surface area contributed by atoms with Crippen molar-refractivity contribution in [3.63, 3.8) is 0 Å². The highest BCUT2D eigenvalue weighted by molar-refractivity contribution is 6.35. The molecule has 1 aromatic carbocycles. The lowest BCUT2D eigenvalue weighted by Gasteiger charge is -2.33. The molecule has 3 rings (SSSR count). The van der Waals surface area contributed by atoms with E-state index in [4.69, 9.17) is 23.2 Å². The molecule has 4 nitrogen and oxygen atoms in total. The fraction of sp³-hybridized carbons (Fsp3) is 0.368. The van der Waals surface area contributed by atoms with Crippen molar-refractivity contribution in [3.8, 4) is 0 Å². The third-order valence-electron chi connectivity index (χ3n) is 4.56. The zero-order chi connectivity index (χ0) is 18.0. The Hall–Kier alpha value is -1.78. The average molecular weight is 378 g/mol. The van der Waals surface area contributed by atoms with Crippen molar-refractivity contribution in [1.82, 2.24) is 9.88 Å². The zero-order valence-corrected chi connectivity index (χ0v) is 15.9. The summed E-state index contributed by atoms with van der Waals surface area (Å²) in [5.41, 5.74) is 1.73. The van der Waals surface area contributed by atoms with Crippen LogP contribution >= 0.6 is 23.2 Å². The first-order valence-electron chi connectivity index (χ1n) is 8.33. The Morgan fingerprint density at radius 2 is 2.04 bits per heavy atom. The minimum atomic E-state index is 0.0419. The van der Waals surface area contributed by atoms with Crippen LogP contribution in [0.2, 0.25) is 10.0 Å². The van der Waals surface area contributed by atoms with Gasteiger partial charge in [0.2, 0.25) is 0 Å². The van der Waals surface area contributed by atoms with Gasteiger partial charge in [0.15, 0.2) is 0 Å². The molecule has 0 spiro atoms. The van der Waals surface area contributed by atoms with Gasteiger partial charge in [0.25, 0.3) is 5.91 Å². The van der Waals surface area contributed by atoms with E-state index in [0.717, 1.165) is 30.8 Å². The number of aromatic nitrogens is 1. The monoisotopic (exact) mass is 377 g/mol. The van der Waals surface area contributed by atoms with Crippen LogP contribution in [0, 0.1) is 0 Å². The molecule has 0 N–H and O–H groups in total. The van der Waals surface area contributed by atoms with E-state index in [1.165, 1.54) is 0 Å². The lowest BCUT2D eigenvalue weighted by molar-refractivity contribution is 0.0707. The third-order valence-corrected chi connectivity index (χ3v) is 5.12. The molecule has 0 aliphatic carbocycles. The predicted molar refractivity (Wildman–Crippen MR) is 103 cm³/mol. The minimum absolute atomic E-state index is 0.0419. The molecule has 25 heavy (non-hydrogen) atoms. The van der Waals surface area contributed by atoms with E-state index >= 15 is 0 Å². The van der Waals surface area contributed by atoms with Crippen LogP contribution in [0.25, 0.3) is 0 Å². The molecule has 0 radical (unpaired) electrons. The minimum Gasteiger partial charge on any atom is -0.363 e. The summed E-state index contributed by atoms with van der Waals surface area (Å²) in [6.45, 7) is 1.43. The number of pyridine rings is 1. The molecule has 0 saturated carbocycles. The Bertz CT molecular complexity index is 779. The molecule has 2 aromatic rings. The number of halogens is 2. The number of anilines is 1. The second kappa shape index (κ2) is 7.63. The Balaban J connectivity index is 1.79. The van der Waals surface area contributed by atoms with Crippen molar-refractivity contribution < 1.29 is 4.79 Å². The highest BCUT2D eigenvalue weighted by Gasteiger charge is 2.27. The molecular formula is C19H21Cl2N3O. The molecule has 1 aromatic heterocycles. The number of hydrogen-bond acceptors (Lipinski definition) is 3. The van der Waals surface area contributed by atoms with Gasteiger partial charge in [0.1, 0.15) is 5.82 Å². The number of hydrogen-bond donors (Lipinski definition) is 0. The van der Waals surface area contributed by atoms with E-state index < -0.39 is 0 Å². The van der Waals surface area contributed by atoms with E-state index in [0.29, 0.717) is 22.2 Å². The van der Waals surface area contributed by atoms with Gasteiger partial charge in [-0.1, -0.05) is 29.3 Å². The first kappa shape index (κ1) is 18.0. The Morgan fingerprint density at radius 3 is 2.76 bits per heavy atom. The number of likely N-dealkylation sites (tertiary alicyclic amines) is 1. The molecule has 1 atom stereocenters. The third kappa shape index (κ3) is 4.07. The van der Waals surface area contributed by atoms with Gasteiger partial charge >= 0.3 is 0 Å². The number of carbonyl (C=O) groups excluding carboxylic acids is 1. The molecule has 1 amide bonds. The maximum absolute atomic E-state index is 12.9. The molecule has 1 fully saturated rings. The Morgan fingerprint density at radius 1 is 1.24 bits per heavy atom. The maximum Gasteiger partial charge on any atom is 0.254 e. The second-order valence-corrected chi connectivity index (χ2v) is 7.40. The first-order valence-corrected chi connectivity index (χ1v) is 9.09. The van der Waals surface area contributed by atoms with Crippen LogP contribution in [0.1, 0.15) is 34.7 Å². The van der Waals surface area contributed by atoms with Crippen LogP contribution in [0.15, 0.2) is 36.5 Å². The van der Waals surface area contributed by atoms with E-state index in [-0.39, 0.29) is 11.8 Å². The summed E-state index contributed by atoms with van der Waals surface area (Å²) >= 11 is 12.4. The lowest BCUT2D eigenvalue weighted by atomic mass is 9.90. The van der Waals surface area contributed by atoms with Crippen LogP contribution in [0.5, 0.6) is 0 Å². The molecule has 132 valence electrons. The van der Waals surface area contributed by atoms with Gasteiger partial charge in [-0.25, -0.2) is 4.98 Å². The quantitative estimate of drug-likeness (QED) is 0.791. The van der Waals surface area contributed by atoms with E-state index in [1.54, 1.807) is 18.3 Å².